The van der Waals surface area contributed by atoms with Crippen LogP contribution in [0.25, 0.3) is 0 Å². The van der Waals surface area contributed by atoms with E-state index in [9.17, 15) is 17.8 Å². The van der Waals surface area contributed by atoms with Gasteiger partial charge < -0.3 is 28.6 Å². The summed E-state index contributed by atoms with van der Waals surface area (Å²) < 4.78 is 65.2. The van der Waals surface area contributed by atoms with Crippen molar-refractivity contribution in [1.29, 1.82) is 0 Å². The second-order valence-electron chi connectivity index (χ2n) is 8.70. The molecule has 12 nitrogen and oxygen atoms in total. The van der Waals surface area contributed by atoms with Gasteiger partial charge in [0, 0.05) is 37.3 Å². The molecule has 1 aromatic heterocycles. The minimum absolute atomic E-state index is 0.110. The standard InChI is InChI=1S/C26H34N3O9PS/c1-6-35-39(31,36-7-2)18-29-13-12-25(28-29)27-26(30)20-14-22(37-19(3)17-34-4)16-23(15-20)38-21-8-10-24(11-9-21)40(5,32)33/h8-16,19H,6-7,17-18H2,1-5H3,(H,27,28,30)/t19-/m0/s1. The third-order valence-corrected chi connectivity index (χ3v) is 8.29. The minimum atomic E-state index is -3.39. The van der Waals surface area contributed by atoms with Crippen LogP contribution in [0.5, 0.6) is 17.2 Å². The average molecular weight is 596 g/mol. The van der Waals surface area contributed by atoms with Crippen LogP contribution < -0.4 is 14.8 Å². The molecule has 1 heterocycles. The van der Waals surface area contributed by atoms with Crippen molar-refractivity contribution in [3.63, 3.8) is 0 Å². The van der Waals surface area contributed by atoms with Crippen LogP contribution in [0.3, 0.4) is 0 Å². The van der Waals surface area contributed by atoms with Gasteiger partial charge in [0.25, 0.3) is 5.91 Å². The maximum atomic E-state index is 13.2. The van der Waals surface area contributed by atoms with Crippen molar-refractivity contribution >= 4 is 29.2 Å². The van der Waals surface area contributed by atoms with Gasteiger partial charge in [0.1, 0.15) is 29.6 Å². The quantitative estimate of drug-likeness (QED) is 0.239. The summed E-state index contributed by atoms with van der Waals surface area (Å²) in [7, 11) is -5.19. The molecule has 0 radical (unpaired) electrons. The third-order valence-electron chi connectivity index (χ3n) is 5.22. The molecule has 1 amide bonds. The summed E-state index contributed by atoms with van der Waals surface area (Å²) in [5.41, 5.74) is 0.216. The molecule has 0 aliphatic rings. The monoisotopic (exact) mass is 595 g/mol. The van der Waals surface area contributed by atoms with Crippen LogP contribution in [0.2, 0.25) is 0 Å². The first kappa shape index (κ1) is 31.3. The first-order valence-corrected chi connectivity index (χ1v) is 16.1. The van der Waals surface area contributed by atoms with Crippen molar-refractivity contribution in [2.24, 2.45) is 0 Å². The third kappa shape index (κ3) is 9.17. The fraction of sp³-hybridized carbons (Fsp3) is 0.385. The smallest absolute Gasteiger partial charge is 0.351 e. The Kier molecular flexibility index (Phi) is 10.9. The highest BCUT2D eigenvalue weighted by molar-refractivity contribution is 7.90. The number of carbonyl (C=O) groups excluding carboxylic acids is 1. The predicted molar refractivity (Wildman–Crippen MR) is 149 cm³/mol. The molecule has 0 unspecified atom stereocenters. The predicted octanol–water partition coefficient (Wildman–Crippen LogP) is 4.97. The summed E-state index contributed by atoms with van der Waals surface area (Å²) >= 11 is 0. The number of carbonyl (C=O) groups is 1. The molecule has 0 aliphatic carbocycles. The Balaban J connectivity index is 1.82. The lowest BCUT2D eigenvalue weighted by molar-refractivity contribution is 0.0915. The van der Waals surface area contributed by atoms with Crippen molar-refractivity contribution in [3.05, 3.63) is 60.3 Å². The number of hydrogen-bond acceptors (Lipinski definition) is 10. The first-order valence-electron chi connectivity index (χ1n) is 12.5. The van der Waals surface area contributed by atoms with Crippen LogP contribution in [0.15, 0.2) is 59.6 Å². The summed E-state index contributed by atoms with van der Waals surface area (Å²) in [6.07, 6.45) is 2.25. The molecule has 0 spiro atoms. The maximum absolute atomic E-state index is 13.2. The number of nitrogens with one attached hydrogen (secondary N) is 1. The fourth-order valence-electron chi connectivity index (χ4n) is 3.61. The molecule has 0 saturated heterocycles. The van der Waals surface area contributed by atoms with Crippen LogP contribution in [0.1, 0.15) is 31.1 Å². The zero-order valence-corrected chi connectivity index (χ0v) is 24.7. The molecular weight excluding hydrogens is 561 g/mol. The molecule has 0 fully saturated rings. The van der Waals surface area contributed by atoms with Gasteiger partial charge in [0.15, 0.2) is 15.7 Å². The summed E-state index contributed by atoms with van der Waals surface area (Å²) in [5.74, 6) is 0.749. The second-order valence-corrected chi connectivity index (χ2v) is 12.7. The molecule has 14 heteroatoms. The highest BCUT2D eigenvalue weighted by Gasteiger charge is 2.25. The van der Waals surface area contributed by atoms with Gasteiger partial charge in [-0.2, -0.15) is 5.10 Å². The normalized spacial score (nSPS) is 12.6. The molecule has 0 bridgehead atoms. The molecular formula is C26H34N3O9PS. The number of methoxy groups -OCH3 is 1. The second kappa shape index (κ2) is 13.9. The number of rotatable bonds is 15. The lowest BCUT2D eigenvalue weighted by Crippen LogP contribution is -2.18. The Labute approximate surface area is 234 Å². The van der Waals surface area contributed by atoms with E-state index in [0.717, 1.165) is 6.26 Å². The number of anilines is 1. The van der Waals surface area contributed by atoms with Gasteiger partial charge in [-0.15, -0.1) is 0 Å². The Bertz CT molecular complexity index is 1430. The molecule has 40 heavy (non-hydrogen) atoms. The molecule has 0 aliphatic heterocycles. The lowest BCUT2D eigenvalue weighted by atomic mass is 10.2. The van der Waals surface area contributed by atoms with Crippen LogP contribution in [0.4, 0.5) is 5.82 Å². The van der Waals surface area contributed by atoms with E-state index >= 15 is 0 Å². The molecule has 3 rings (SSSR count). The Morgan fingerprint density at radius 3 is 2.27 bits per heavy atom. The molecule has 1 atom stereocenters. The first-order chi connectivity index (χ1) is 18.9. The number of sulfone groups is 1. The molecule has 1 N–H and O–H groups in total. The SMILES string of the molecule is CCOP(=O)(Cn1ccc(NC(=O)c2cc(Oc3ccc(S(C)(=O)=O)cc3)cc(O[C@@H](C)COC)c2)n1)OCC. The molecule has 2 aromatic carbocycles. The number of hydrogen-bond donors (Lipinski definition) is 1. The molecule has 3 aromatic rings. The number of benzene rings is 2. The van der Waals surface area contributed by atoms with E-state index in [2.05, 4.69) is 10.4 Å². The molecule has 0 saturated carbocycles. The van der Waals surface area contributed by atoms with Crippen molar-refractivity contribution < 1.29 is 41.0 Å². The summed E-state index contributed by atoms with van der Waals surface area (Å²) in [6.45, 7) is 6.01. The van der Waals surface area contributed by atoms with E-state index in [1.165, 1.54) is 35.0 Å². The van der Waals surface area contributed by atoms with E-state index in [4.69, 9.17) is 23.3 Å². The largest absolute Gasteiger partial charge is 0.488 e. The van der Waals surface area contributed by atoms with E-state index in [1.807, 2.05) is 6.92 Å². The van der Waals surface area contributed by atoms with Gasteiger partial charge in [-0.25, -0.2) is 8.42 Å². The number of aromatic nitrogens is 2. The van der Waals surface area contributed by atoms with Crippen molar-refractivity contribution in [1.82, 2.24) is 9.78 Å². The van der Waals surface area contributed by atoms with E-state index in [-0.39, 0.29) is 41.9 Å². The van der Waals surface area contributed by atoms with Crippen molar-refractivity contribution in [2.75, 3.05) is 38.5 Å². The summed E-state index contributed by atoms with van der Waals surface area (Å²) in [6, 6.07) is 12.2. The fourth-order valence-corrected chi connectivity index (χ4v) is 5.77. The van der Waals surface area contributed by atoms with E-state index in [0.29, 0.717) is 23.9 Å². The van der Waals surface area contributed by atoms with Gasteiger partial charge in [-0.3, -0.25) is 14.0 Å². The maximum Gasteiger partial charge on any atom is 0.351 e. The number of nitrogens with zero attached hydrogens (tertiary/aromatic N) is 2. The van der Waals surface area contributed by atoms with Crippen LogP contribution in [-0.2, 0) is 34.5 Å². The summed E-state index contributed by atoms with van der Waals surface area (Å²) in [5, 5.41) is 6.97. The van der Waals surface area contributed by atoms with Crippen LogP contribution in [-0.4, -0.2) is 63.4 Å². The van der Waals surface area contributed by atoms with Gasteiger partial charge in [-0.05, 0) is 57.2 Å². The van der Waals surface area contributed by atoms with Crippen LogP contribution in [0, 0.1) is 0 Å². The van der Waals surface area contributed by atoms with E-state index in [1.54, 1.807) is 45.4 Å². The zero-order chi connectivity index (χ0) is 29.3. The lowest BCUT2D eigenvalue weighted by Gasteiger charge is -2.17. The highest BCUT2D eigenvalue weighted by atomic mass is 32.2. The highest BCUT2D eigenvalue weighted by Crippen LogP contribution is 2.49. The van der Waals surface area contributed by atoms with Gasteiger partial charge in [0.2, 0.25) is 0 Å². The molecule has 218 valence electrons. The van der Waals surface area contributed by atoms with Gasteiger partial charge in [-0.1, -0.05) is 0 Å². The van der Waals surface area contributed by atoms with Crippen molar-refractivity contribution in [2.45, 2.75) is 38.1 Å². The number of amides is 1. The average Bonchev–Trinajstić information content (AvgIpc) is 3.30. The topological polar surface area (TPSA) is 144 Å². The minimum Gasteiger partial charge on any atom is -0.488 e. The van der Waals surface area contributed by atoms with Crippen molar-refractivity contribution in [3.8, 4) is 17.2 Å². The summed E-state index contributed by atoms with van der Waals surface area (Å²) in [4.78, 5) is 13.3. The van der Waals surface area contributed by atoms with Crippen LogP contribution >= 0.6 is 7.60 Å². The Hall–Kier alpha value is -3.22. The number of ether oxygens (including phenoxy) is 3. The van der Waals surface area contributed by atoms with Gasteiger partial charge in [0.05, 0.1) is 24.7 Å². The van der Waals surface area contributed by atoms with E-state index < -0.39 is 23.3 Å². The zero-order valence-electron chi connectivity index (χ0n) is 23.0. The Morgan fingerprint density at radius 2 is 1.68 bits per heavy atom. The Morgan fingerprint density at radius 1 is 1.02 bits per heavy atom. The van der Waals surface area contributed by atoms with Gasteiger partial charge >= 0.3 is 7.60 Å².